The molecule has 0 radical (unpaired) electrons. The normalized spacial score (nSPS) is 19.7. The molecule has 0 aromatic heterocycles. The second-order valence-electron chi connectivity index (χ2n) is 4.39. The van der Waals surface area contributed by atoms with Crippen LogP contribution in [0.3, 0.4) is 0 Å². The van der Waals surface area contributed by atoms with E-state index in [-0.39, 0.29) is 6.10 Å². The highest BCUT2D eigenvalue weighted by Crippen LogP contribution is 2.11. The molecule has 19 heavy (non-hydrogen) atoms. The molecule has 1 atom stereocenters. The first kappa shape index (κ1) is 16.2. The molecular weight excluding hydrogens is 246 g/mol. The lowest BCUT2D eigenvalue weighted by Crippen LogP contribution is -2.39. The second kappa shape index (κ2) is 11.0. The van der Waals surface area contributed by atoms with Crippen LogP contribution in [-0.2, 0) is 14.2 Å². The van der Waals surface area contributed by atoms with E-state index < -0.39 is 0 Å². The topological polar surface area (TPSA) is 64.1 Å². The molecule has 0 aromatic carbocycles. The number of ether oxygens (including phenoxy) is 3. The first-order valence-corrected chi connectivity index (χ1v) is 7.07. The molecule has 1 rings (SSSR count). The fraction of sp³-hybridized carbons (Fsp3) is 0.923. The molecule has 0 spiro atoms. The minimum absolute atomic E-state index is 0.286. The van der Waals surface area contributed by atoms with Gasteiger partial charge in [-0.05, 0) is 19.8 Å². The molecule has 6 nitrogen and oxygen atoms in total. The molecule has 0 amide bonds. The molecule has 0 saturated carbocycles. The Kier molecular flexibility index (Phi) is 9.40. The molecule has 0 aromatic rings. The summed E-state index contributed by atoms with van der Waals surface area (Å²) < 4.78 is 15.8. The van der Waals surface area contributed by atoms with Crippen molar-refractivity contribution in [3.05, 3.63) is 0 Å². The first-order chi connectivity index (χ1) is 9.36. The van der Waals surface area contributed by atoms with Gasteiger partial charge in [0.05, 0.1) is 32.5 Å². The summed E-state index contributed by atoms with van der Waals surface area (Å²) in [5, 5.41) is 6.45. The van der Waals surface area contributed by atoms with Crippen molar-refractivity contribution >= 4 is 5.96 Å². The lowest BCUT2D eigenvalue weighted by Gasteiger charge is -2.13. The highest BCUT2D eigenvalue weighted by atomic mass is 16.5. The molecule has 112 valence electrons. The smallest absolute Gasteiger partial charge is 0.191 e. The third-order valence-electron chi connectivity index (χ3n) is 2.79. The third-order valence-corrected chi connectivity index (χ3v) is 2.79. The Morgan fingerprint density at radius 1 is 1.32 bits per heavy atom. The van der Waals surface area contributed by atoms with Gasteiger partial charge in [0.15, 0.2) is 5.96 Å². The van der Waals surface area contributed by atoms with E-state index in [1.54, 1.807) is 7.11 Å². The second-order valence-corrected chi connectivity index (χ2v) is 4.39. The van der Waals surface area contributed by atoms with Gasteiger partial charge in [-0.3, -0.25) is 4.99 Å². The predicted molar refractivity (Wildman–Crippen MR) is 75.7 cm³/mol. The summed E-state index contributed by atoms with van der Waals surface area (Å²) in [6, 6.07) is 0. The maximum Gasteiger partial charge on any atom is 0.191 e. The van der Waals surface area contributed by atoms with Crippen molar-refractivity contribution < 1.29 is 14.2 Å². The minimum atomic E-state index is 0.286. The van der Waals surface area contributed by atoms with Crippen LogP contribution in [0.25, 0.3) is 0 Å². The summed E-state index contributed by atoms with van der Waals surface area (Å²) in [5.74, 6) is 0.827. The largest absolute Gasteiger partial charge is 0.382 e. The monoisotopic (exact) mass is 273 g/mol. The van der Waals surface area contributed by atoms with Crippen LogP contribution in [0, 0.1) is 0 Å². The van der Waals surface area contributed by atoms with Crippen LogP contribution in [-0.4, -0.2) is 65.2 Å². The fourth-order valence-electron chi connectivity index (χ4n) is 1.81. The molecule has 0 aliphatic carbocycles. The first-order valence-electron chi connectivity index (χ1n) is 7.07. The van der Waals surface area contributed by atoms with Gasteiger partial charge in [-0.1, -0.05) is 0 Å². The maximum absolute atomic E-state index is 5.55. The number of nitrogens with one attached hydrogen (secondary N) is 2. The summed E-state index contributed by atoms with van der Waals surface area (Å²) in [6.45, 7) is 7.14. The fourth-order valence-corrected chi connectivity index (χ4v) is 1.81. The van der Waals surface area contributed by atoms with Crippen molar-refractivity contribution in [2.45, 2.75) is 25.9 Å². The summed E-state index contributed by atoms with van der Waals surface area (Å²) in [7, 11) is 1.67. The van der Waals surface area contributed by atoms with Crippen molar-refractivity contribution in [2.24, 2.45) is 4.99 Å². The predicted octanol–water partition coefficient (Wildman–Crippen LogP) is 0.384. The van der Waals surface area contributed by atoms with E-state index in [2.05, 4.69) is 22.5 Å². The summed E-state index contributed by atoms with van der Waals surface area (Å²) in [4.78, 5) is 4.52. The highest BCUT2D eigenvalue weighted by molar-refractivity contribution is 5.79. The minimum Gasteiger partial charge on any atom is -0.382 e. The Hall–Kier alpha value is -0.850. The molecule has 1 unspecified atom stereocenters. The average Bonchev–Trinajstić information content (AvgIpc) is 2.93. The van der Waals surface area contributed by atoms with Crippen LogP contribution in [0.1, 0.15) is 19.8 Å². The van der Waals surface area contributed by atoms with Gasteiger partial charge in [-0.25, -0.2) is 0 Å². The zero-order valence-corrected chi connectivity index (χ0v) is 12.1. The van der Waals surface area contributed by atoms with Crippen molar-refractivity contribution in [1.29, 1.82) is 0 Å². The van der Waals surface area contributed by atoms with E-state index in [9.17, 15) is 0 Å². The van der Waals surface area contributed by atoms with E-state index in [4.69, 9.17) is 14.2 Å². The zero-order chi connectivity index (χ0) is 13.8. The van der Waals surface area contributed by atoms with E-state index in [1.807, 2.05) is 0 Å². The molecule has 0 bridgehead atoms. The zero-order valence-electron chi connectivity index (χ0n) is 12.1. The lowest BCUT2D eigenvalue weighted by atomic mass is 10.2. The quantitative estimate of drug-likeness (QED) is 0.361. The Morgan fingerprint density at radius 3 is 2.89 bits per heavy atom. The number of nitrogens with zero attached hydrogens (tertiary/aromatic N) is 1. The van der Waals surface area contributed by atoms with Gasteiger partial charge in [0.1, 0.15) is 0 Å². The Labute approximate surface area is 115 Å². The maximum atomic E-state index is 5.55. The molecule has 1 aliphatic rings. The summed E-state index contributed by atoms with van der Waals surface area (Å²) in [5.41, 5.74) is 0. The number of methoxy groups -OCH3 is 1. The SMILES string of the molecule is CCNC(=NCC1CCCO1)NCCOCCOC. The van der Waals surface area contributed by atoms with Gasteiger partial charge >= 0.3 is 0 Å². The van der Waals surface area contributed by atoms with Crippen LogP contribution < -0.4 is 10.6 Å². The van der Waals surface area contributed by atoms with Gasteiger partial charge in [0.2, 0.25) is 0 Å². The standard InChI is InChI=1S/C13H27N3O3/c1-3-14-13(15-6-8-18-10-9-17-2)16-11-12-5-4-7-19-12/h12H,3-11H2,1-2H3,(H2,14,15,16). The van der Waals surface area contributed by atoms with Crippen molar-refractivity contribution in [3.8, 4) is 0 Å². The van der Waals surface area contributed by atoms with Crippen molar-refractivity contribution in [3.63, 3.8) is 0 Å². The van der Waals surface area contributed by atoms with Gasteiger partial charge in [0.25, 0.3) is 0 Å². The molecule has 1 saturated heterocycles. The van der Waals surface area contributed by atoms with E-state index in [0.29, 0.717) is 19.8 Å². The number of aliphatic imine (C=N–C) groups is 1. The van der Waals surface area contributed by atoms with Gasteiger partial charge in [-0.2, -0.15) is 0 Å². The number of hydrogen-bond acceptors (Lipinski definition) is 4. The highest BCUT2D eigenvalue weighted by Gasteiger charge is 2.14. The Bertz CT molecular complexity index is 243. The van der Waals surface area contributed by atoms with E-state index in [0.717, 1.165) is 45.0 Å². The number of hydrogen-bond donors (Lipinski definition) is 2. The van der Waals surface area contributed by atoms with Crippen molar-refractivity contribution in [2.75, 3.05) is 53.2 Å². The summed E-state index contributed by atoms with van der Waals surface area (Å²) >= 11 is 0. The van der Waals surface area contributed by atoms with Crippen LogP contribution in [0.4, 0.5) is 0 Å². The molecule has 1 fully saturated rings. The van der Waals surface area contributed by atoms with E-state index in [1.165, 1.54) is 0 Å². The van der Waals surface area contributed by atoms with Crippen molar-refractivity contribution in [1.82, 2.24) is 10.6 Å². The molecule has 1 heterocycles. The van der Waals surface area contributed by atoms with Gasteiger partial charge < -0.3 is 24.8 Å². The average molecular weight is 273 g/mol. The van der Waals surface area contributed by atoms with Crippen LogP contribution in [0.15, 0.2) is 4.99 Å². The van der Waals surface area contributed by atoms with Crippen LogP contribution >= 0.6 is 0 Å². The number of guanidine groups is 1. The summed E-state index contributed by atoms with van der Waals surface area (Å²) in [6.07, 6.45) is 2.55. The molecule has 1 aliphatic heterocycles. The Morgan fingerprint density at radius 2 is 2.21 bits per heavy atom. The van der Waals surface area contributed by atoms with Crippen LogP contribution in [0.5, 0.6) is 0 Å². The third kappa shape index (κ3) is 8.02. The number of rotatable bonds is 9. The Balaban J connectivity index is 2.13. The molecule has 2 N–H and O–H groups in total. The van der Waals surface area contributed by atoms with Gasteiger partial charge in [0, 0.05) is 26.8 Å². The van der Waals surface area contributed by atoms with Gasteiger partial charge in [-0.15, -0.1) is 0 Å². The lowest BCUT2D eigenvalue weighted by molar-refractivity contribution is 0.0733. The molecular formula is C13H27N3O3. The van der Waals surface area contributed by atoms with Crippen LogP contribution in [0.2, 0.25) is 0 Å². The van der Waals surface area contributed by atoms with E-state index >= 15 is 0 Å². The molecule has 6 heteroatoms.